The van der Waals surface area contributed by atoms with Crippen LogP contribution in [0.15, 0.2) is 0 Å². The van der Waals surface area contributed by atoms with Gasteiger partial charge in [-0.25, -0.2) is 0 Å². The number of hydrogen-bond donors (Lipinski definition) is 0. The topological polar surface area (TPSA) is 18.5 Å². The van der Waals surface area contributed by atoms with E-state index in [-0.39, 0.29) is 7.12 Å². The van der Waals surface area contributed by atoms with E-state index in [1.54, 1.807) is 0 Å². The van der Waals surface area contributed by atoms with Gasteiger partial charge in [-0.1, -0.05) is 26.7 Å². The van der Waals surface area contributed by atoms with E-state index >= 15 is 0 Å². The van der Waals surface area contributed by atoms with Crippen molar-refractivity contribution in [1.82, 2.24) is 0 Å². The van der Waals surface area contributed by atoms with Crippen molar-refractivity contribution >= 4 is 7.12 Å². The Morgan fingerprint density at radius 1 is 1.00 bits per heavy atom. The van der Waals surface area contributed by atoms with Crippen molar-refractivity contribution < 1.29 is 9.31 Å². The summed E-state index contributed by atoms with van der Waals surface area (Å²) in [6.07, 6.45) is 7.83. The quantitative estimate of drug-likeness (QED) is 0.616. The fraction of sp³-hybridized carbons (Fsp3) is 1.00. The maximum atomic E-state index is 5.91. The Morgan fingerprint density at radius 2 is 1.69 bits per heavy atom. The second-order valence-corrected chi connectivity index (χ2v) is 5.45. The Labute approximate surface area is 100 Å². The van der Waals surface area contributed by atoms with E-state index in [1.165, 1.54) is 25.7 Å². The summed E-state index contributed by atoms with van der Waals surface area (Å²) in [5.41, 5.74) is 0. The van der Waals surface area contributed by atoms with Crippen LogP contribution in [0.4, 0.5) is 0 Å². The summed E-state index contributed by atoms with van der Waals surface area (Å²) >= 11 is 0. The summed E-state index contributed by atoms with van der Waals surface area (Å²) in [4.78, 5) is 0. The predicted octanol–water partition coefficient (Wildman–Crippen LogP) is 3.52. The van der Waals surface area contributed by atoms with Crippen LogP contribution in [0.2, 0.25) is 5.82 Å². The van der Waals surface area contributed by atoms with Crippen molar-refractivity contribution in [3.63, 3.8) is 0 Å². The summed E-state index contributed by atoms with van der Waals surface area (Å²) in [6.45, 7) is 6.03. The average Bonchev–Trinajstić information content (AvgIpc) is 2.91. The van der Waals surface area contributed by atoms with E-state index in [1.807, 2.05) is 0 Å². The van der Waals surface area contributed by atoms with Crippen LogP contribution in [-0.4, -0.2) is 20.3 Å². The predicted molar refractivity (Wildman–Crippen MR) is 67.4 cm³/mol. The fourth-order valence-electron chi connectivity index (χ4n) is 3.39. The van der Waals surface area contributed by atoms with Crippen LogP contribution >= 0.6 is 0 Å². The van der Waals surface area contributed by atoms with Crippen LogP contribution in [0.1, 0.15) is 52.4 Å². The molecule has 0 heterocycles. The van der Waals surface area contributed by atoms with Crippen LogP contribution < -0.4 is 0 Å². The molecular formula is C13H25BO2. The highest BCUT2D eigenvalue weighted by Crippen LogP contribution is 2.53. The van der Waals surface area contributed by atoms with Gasteiger partial charge in [0.15, 0.2) is 0 Å². The van der Waals surface area contributed by atoms with E-state index in [4.69, 9.17) is 9.31 Å². The highest BCUT2D eigenvalue weighted by atomic mass is 16.6. The molecule has 2 rings (SSSR count). The van der Waals surface area contributed by atoms with Gasteiger partial charge in [0.25, 0.3) is 0 Å². The molecule has 3 heteroatoms. The summed E-state index contributed by atoms with van der Waals surface area (Å²) in [5.74, 6) is 2.56. The summed E-state index contributed by atoms with van der Waals surface area (Å²) in [7, 11) is 0.0928. The Balaban J connectivity index is 1.84. The molecule has 0 aromatic carbocycles. The van der Waals surface area contributed by atoms with E-state index < -0.39 is 0 Å². The molecule has 3 unspecified atom stereocenters. The lowest BCUT2D eigenvalue weighted by Crippen LogP contribution is -2.32. The van der Waals surface area contributed by atoms with Gasteiger partial charge in [-0.05, 0) is 43.3 Å². The van der Waals surface area contributed by atoms with E-state index in [0.29, 0.717) is 5.82 Å². The molecule has 2 fully saturated rings. The molecule has 0 spiro atoms. The number of rotatable bonds is 7. The zero-order valence-corrected chi connectivity index (χ0v) is 10.8. The molecule has 3 atom stereocenters. The molecule has 0 radical (unpaired) electrons. The molecule has 2 bridgehead atoms. The molecule has 92 valence electrons. The Kier molecular flexibility index (Phi) is 4.72. The molecule has 0 aromatic heterocycles. The standard InChI is InChI=1S/C13H25BO2/c1-3-7-15-14(16-8-4-2)13-10-11-5-6-12(13)9-11/h11-13H,3-10H2,1-2H3. The smallest absolute Gasteiger partial charge is 0.411 e. The molecule has 2 aliphatic carbocycles. The van der Waals surface area contributed by atoms with Gasteiger partial charge in [0.1, 0.15) is 0 Å². The normalized spacial score (nSPS) is 32.2. The third-order valence-electron chi connectivity index (χ3n) is 4.11. The molecular weight excluding hydrogens is 199 g/mol. The molecule has 0 aromatic rings. The molecule has 2 saturated carbocycles. The molecule has 16 heavy (non-hydrogen) atoms. The van der Waals surface area contributed by atoms with Gasteiger partial charge in [0.05, 0.1) is 0 Å². The first-order chi connectivity index (χ1) is 7.85. The average molecular weight is 224 g/mol. The first-order valence-electron chi connectivity index (χ1n) is 7.08. The third kappa shape index (κ3) is 2.81. The molecule has 0 aliphatic heterocycles. The van der Waals surface area contributed by atoms with Crippen molar-refractivity contribution in [2.45, 2.75) is 58.2 Å². The lowest BCUT2D eigenvalue weighted by molar-refractivity contribution is 0.178. The second-order valence-electron chi connectivity index (χ2n) is 5.45. The summed E-state index contributed by atoms with van der Waals surface area (Å²) in [5, 5.41) is 0. The Morgan fingerprint density at radius 3 is 2.12 bits per heavy atom. The lowest BCUT2D eigenvalue weighted by atomic mass is 9.63. The van der Waals surface area contributed by atoms with E-state index in [9.17, 15) is 0 Å². The van der Waals surface area contributed by atoms with E-state index in [0.717, 1.165) is 37.9 Å². The van der Waals surface area contributed by atoms with Crippen LogP contribution in [0.3, 0.4) is 0 Å². The monoisotopic (exact) mass is 224 g/mol. The summed E-state index contributed by atoms with van der Waals surface area (Å²) < 4.78 is 11.8. The van der Waals surface area contributed by atoms with Crippen LogP contribution in [0.25, 0.3) is 0 Å². The van der Waals surface area contributed by atoms with Gasteiger partial charge in [0, 0.05) is 13.2 Å². The molecule has 2 aliphatic rings. The van der Waals surface area contributed by atoms with Crippen LogP contribution in [0.5, 0.6) is 0 Å². The van der Waals surface area contributed by atoms with Crippen molar-refractivity contribution in [2.75, 3.05) is 13.2 Å². The van der Waals surface area contributed by atoms with Gasteiger partial charge >= 0.3 is 7.12 Å². The van der Waals surface area contributed by atoms with Gasteiger partial charge in [-0.2, -0.15) is 0 Å². The van der Waals surface area contributed by atoms with Gasteiger partial charge in [0.2, 0.25) is 0 Å². The largest absolute Gasteiger partial charge is 0.460 e. The first-order valence-corrected chi connectivity index (χ1v) is 7.08. The molecule has 2 nitrogen and oxygen atoms in total. The fourth-order valence-corrected chi connectivity index (χ4v) is 3.39. The molecule has 0 amide bonds. The van der Waals surface area contributed by atoms with Crippen LogP contribution in [-0.2, 0) is 9.31 Å². The Hall–Kier alpha value is -0.0151. The minimum Gasteiger partial charge on any atom is -0.411 e. The maximum absolute atomic E-state index is 5.91. The number of hydrogen-bond acceptors (Lipinski definition) is 2. The van der Waals surface area contributed by atoms with Gasteiger partial charge in [-0.3, -0.25) is 0 Å². The minimum atomic E-state index is 0.0928. The second kappa shape index (κ2) is 6.06. The third-order valence-corrected chi connectivity index (χ3v) is 4.11. The zero-order valence-electron chi connectivity index (χ0n) is 10.8. The lowest BCUT2D eigenvalue weighted by Gasteiger charge is -2.26. The van der Waals surface area contributed by atoms with Crippen molar-refractivity contribution in [3.8, 4) is 0 Å². The number of fused-ring (bicyclic) bond motifs is 2. The van der Waals surface area contributed by atoms with Crippen molar-refractivity contribution in [3.05, 3.63) is 0 Å². The molecule has 0 saturated heterocycles. The van der Waals surface area contributed by atoms with Crippen molar-refractivity contribution in [2.24, 2.45) is 11.8 Å². The Bertz CT molecular complexity index is 202. The van der Waals surface area contributed by atoms with Gasteiger partial charge < -0.3 is 9.31 Å². The molecule has 0 N–H and O–H groups in total. The highest BCUT2D eigenvalue weighted by molar-refractivity contribution is 6.46. The van der Waals surface area contributed by atoms with Crippen molar-refractivity contribution in [1.29, 1.82) is 0 Å². The SMILES string of the molecule is CCCOB(OCCC)C1CC2CCC1C2. The summed E-state index contributed by atoms with van der Waals surface area (Å²) in [6, 6.07) is 0. The van der Waals surface area contributed by atoms with Crippen LogP contribution in [0, 0.1) is 11.8 Å². The van der Waals surface area contributed by atoms with E-state index in [2.05, 4.69) is 13.8 Å². The first kappa shape index (κ1) is 12.4. The zero-order chi connectivity index (χ0) is 11.4. The van der Waals surface area contributed by atoms with Gasteiger partial charge in [-0.15, -0.1) is 0 Å². The minimum absolute atomic E-state index is 0.0928. The highest BCUT2D eigenvalue weighted by Gasteiger charge is 2.46. The maximum Gasteiger partial charge on any atom is 0.460 e.